The van der Waals surface area contributed by atoms with Crippen molar-refractivity contribution >= 4 is 29.1 Å². The maximum Gasteiger partial charge on any atom is 0.416 e. The highest BCUT2D eigenvalue weighted by Gasteiger charge is 2.34. The number of aryl methyl sites for hydroxylation is 1. The molecule has 1 atom stereocenters. The molecule has 2 amide bonds. The van der Waals surface area contributed by atoms with Crippen molar-refractivity contribution < 1.29 is 22.8 Å². The Labute approximate surface area is 249 Å². The van der Waals surface area contributed by atoms with Gasteiger partial charge in [0.25, 0.3) is 11.8 Å². The fourth-order valence-corrected chi connectivity index (χ4v) is 5.58. The highest BCUT2D eigenvalue weighted by atomic mass is 35.5. The molecule has 3 N–H and O–H groups in total. The minimum Gasteiger partial charge on any atom is -0.364 e. The number of alkyl halides is 3. The first-order chi connectivity index (χ1) is 20.1. The van der Waals surface area contributed by atoms with E-state index in [1.54, 1.807) is 4.90 Å². The van der Waals surface area contributed by atoms with Crippen LogP contribution in [0.1, 0.15) is 58.5 Å². The highest BCUT2D eigenvalue weighted by Crippen LogP contribution is 2.34. The summed E-state index contributed by atoms with van der Waals surface area (Å²) in [6, 6.07) is 16.8. The van der Waals surface area contributed by atoms with Gasteiger partial charge < -0.3 is 20.9 Å². The van der Waals surface area contributed by atoms with Crippen LogP contribution in [-0.4, -0.2) is 55.5 Å². The predicted octanol–water partition coefficient (Wildman–Crippen LogP) is 6.41. The van der Waals surface area contributed by atoms with Crippen LogP contribution in [0.4, 0.5) is 18.9 Å². The molecule has 0 spiro atoms. The maximum absolute atomic E-state index is 13.3. The summed E-state index contributed by atoms with van der Waals surface area (Å²) in [7, 11) is 0. The molecule has 42 heavy (non-hydrogen) atoms. The lowest BCUT2D eigenvalue weighted by molar-refractivity contribution is -0.137. The van der Waals surface area contributed by atoms with Crippen LogP contribution in [0.15, 0.2) is 60.7 Å². The van der Waals surface area contributed by atoms with Gasteiger partial charge in [-0.15, -0.1) is 0 Å². The first-order valence-corrected chi connectivity index (χ1v) is 14.6. The van der Waals surface area contributed by atoms with Crippen molar-refractivity contribution in [1.29, 1.82) is 0 Å². The van der Waals surface area contributed by atoms with Gasteiger partial charge in [0, 0.05) is 44.5 Å². The average molecular weight is 601 g/mol. The molecule has 3 aromatic rings. The zero-order valence-electron chi connectivity index (χ0n) is 23.8. The average Bonchev–Trinajstić information content (AvgIpc) is 2.99. The summed E-state index contributed by atoms with van der Waals surface area (Å²) in [5.74, 6) is -0.653. The van der Waals surface area contributed by atoms with Crippen molar-refractivity contribution in [3.05, 3.63) is 87.9 Å². The van der Waals surface area contributed by atoms with Crippen molar-refractivity contribution in [2.24, 2.45) is 5.73 Å². The lowest BCUT2D eigenvalue weighted by Crippen LogP contribution is -2.55. The van der Waals surface area contributed by atoms with Crippen LogP contribution < -0.4 is 16.0 Å². The molecule has 0 saturated carbocycles. The minimum absolute atomic E-state index is 0.0316. The lowest BCUT2D eigenvalue weighted by atomic mass is 9.97. The summed E-state index contributed by atoms with van der Waals surface area (Å²) in [5.41, 5.74) is 9.22. The van der Waals surface area contributed by atoms with E-state index in [1.807, 2.05) is 25.1 Å². The number of benzene rings is 3. The minimum atomic E-state index is -4.55. The fraction of sp³-hybridized carbons (Fsp3) is 0.375. The Bertz CT molecular complexity index is 1410. The number of amides is 2. The van der Waals surface area contributed by atoms with E-state index >= 15 is 0 Å². The molecule has 0 radical (unpaired) electrons. The second-order valence-electron chi connectivity index (χ2n) is 10.4. The summed E-state index contributed by atoms with van der Waals surface area (Å²) in [5, 5.41) is 2.65. The van der Waals surface area contributed by atoms with Crippen LogP contribution >= 0.6 is 11.6 Å². The molecule has 224 valence electrons. The molecule has 0 aliphatic carbocycles. The van der Waals surface area contributed by atoms with Gasteiger partial charge in [0.05, 0.1) is 21.7 Å². The summed E-state index contributed by atoms with van der Waals surface area (Å²) in [6.45, 7) is 5.87. The number of carbonyl (C=O) groups is 2. The molecule has 6 nitrogen and oxygen atoms in total. The van der Waals surface area contributed by atoms with Crippen molar-refractivity contribution in [3.8, 4) is 11.1 Å². The standard InChI is InChI=1S/C32H36ClF3N4O2/c1-3-5-21-6-8-22(9-7-21)23-10-13-29(27(18-23)30(41)38-15-14-37)40-17-16-39(20-25(40)4-2)31(42)26-12-11-24(19-28(26)33)32(34,35)36/h6-13,18-19,25H,3-5,14-17,20,37H2,1-2H3,(H,38,41)/t25-/m1/s1. The van der Waals surface area contributed by atoms with Crippen molar-refractivity contribution in [2.75, 3.05) is 37.6 Å². The lowest BCUT2D eigenvalue weighted by Gasteiger charge is -2.43. The smallest absolute Gasteiger partial charge is 0.364 e. The fourth-order valence-electron chi connectivity index (χ4n) is 5.32. The van der Waals surface area contributed by atoms with E-state index < -0.39 is 17.6 Å². The van der Waals surface area contributed by atoms with E-state index in [1.165, 1.54) is 5.56 Å². The Morgan fingerprint density at radius 2 is 1.69 bits per heavy atom. The number of halogens is 4. The topological polar surface area (TPSA) is 78.7 Å². The van der Waals surface area contributed by atoms with E-state index in [-0.39, 0.29) is 22.5 Å². The molecule has 1 aliphatic heterocycles. The molecule has 0 unspecified atom stereocenters. The summed E-state index contributed by atoms with van der Waals surface area (Å²) < 4.78 is 39.3. The zero-order chi connectivity index (χ0) is 30.4. The normalized spacial score (nSPS) is 15.5. The van der Waals surface area contributed by atoms with Gasteiger partial charge in [-0.3, -0.25) is 9.59 Å². The predicted molar refractivity (Wildman–Crippen MR) is 161 cm³/mol. The molecular weight excluding hydrogens is 565 g/mol. The Balaban J connectivity index is 1.60. The second kappa shape index (κ2) is 13.6. The number of rotatable bonds is 9. The molecule has 0 bridgehead atoms. The van der Waals surface area contributed by atoms with Gasteiger partial charge in [-0.05, 0) is 59.9 Å². The Morgan fingerprint density at radius 1 is 0.976 bits per heavy atom. The van der Waals surface area contributed by atoms with Gasteiger partial charge in [-0.2, -0.15) is 13.2 Å². The quantitative estimate of drug-likeness (QED) is 0.298. The molecule has 4 rings (SSSR count). The molecule has 0 aromatic heterocycles. The zero-order valence-corrected chi connectivity index (χ0v) is 24.6. The largest absolute Gasteiger partial charge is 0.416 e. The Morgan fingerprint density at radius 3 is 2.31 bits per heavy atom. The van der Waals surface area contributed by atoms with Gasteiger partial charge >= 0.3 is 6.18 Å². The summed E-state index contributed by atoms with van der Waals surface area (Å²) in [6.07, 6.45) is -1.81. The third-order valence-corrected chi connectivity index (χ3v) is 7.89. The van der Waals surface area contributed by atoms with E-state index in [2.05, 4.69) is 41.4 Å². The van der Waals surface area contributed by atoms with Crippen LogP contribution in [0.5, 0.6) is 0 Å². The van der Waals surface area contributed by atoms with Gasteiger partial charge in [0.2, 0.25) is 0 Å². The number of piperazine rings is 1. The van der Waals surface area contributed by atoms with Gasteiger partial charge in [-0.1, -0.05) is 62.2 Å². The maximum atomic E-state index is 13.3. The number of hydrogen-bond donors (Lipinski definition) is 2. The molecule has 10 heteroatoms. The first-order valence-electron chi connectivity index (χ1n) is 14.2. The number of nitrogens with zero attached hydrogens (tertiary/aromatic N) is 2. The number of carbonyl (C=O) groups excluding carboxylic acids is 2. The number of nitrogens with one attached hydrogen (secondary N) is 1. The SMILES string of the molecule is CCCc1ccc(-c2ccc(N3CCN(C(=O)c4ccc(C(F)(F)F)cc4Cl)C[C@H]3CC)c(C(=O)NCCN)c2)cc1. The van der Waals surface area contributed by atoms with Gasteiger partial charge in [-0.25, -0.2) is 0 Å². The number of nitrogens with two attached hydrogens (primary N) is 1. The Hall–Kier alpha value is -3.56. The molecule has 1 heterocycles. The van der Waals surface area contributed by atoms with Crippen LogP contribution in [0.2, 0.25) is 5.02 Å². The monoisotopic (exact) mass is 600 g/mol. The summed E-state index contributed by atoms with van der Waals surface area (Å²) in [4.78, 5) is 30.4. The summed E-state index contributed by atoms with van der Waals surface area (Å²) >= 11 is 6.12. The van der Waals surface area contributed by atoms with E-state index in [0.717, 1.165) is 47.9 Å². The number of hydrogen-bond acceptors (Lipinski definition) is 4. The molecule has 1 aliphatic rings. The molecule has 1 fully saturated rings. The van der Waals surface area contributed by atoms with Gasteiger partial charge in [0.15, 0.2) is 0 Å². The first kappa shape index (κ1) is 31.4. The third kappa shape index (κ3) is 7.07. The second-order valence-corrected chi connectivity index (χ2v) is 10.8. The van der Waals surface area contributed by atoms with Crippen LogP contribution in [0.3, 0.4) is 0 Å². The van der Waals surface area contributed by atoms with Gasteiger partial charge in [0.1, 0.15) is 0 Å². The van der Waals surface area contributed by atoms with Crippen molar-refractivity contribution in [2.45, 2.75) is 45.3 Å². The third-order valence-electron chi connectivity index (χ3n) is 7.57. The van der Waals surface area contributed by atoms with Crippen LogP contribution in [0, 0.1) is 0 Å². The molecule has 3 aromatic carbocycles. The van der Waals surface area contributed by atoms with E-state index in [4.69, 9.17) is 17.3 Å². The number of anilines is 1. The van der Waals surface area contributed by atoms with E-state index in [9.17, 15) is 22.8 Å². The molecular formula is C32H36ClF3N4O2. The van der Waals surface area contributed by atoms with Crippen molar-refractivity contribution in [1.82, 2.24) is 10.2 Å². The highest BCUT2D eigenvalue weighted by molar-refractivity contribution is 6.33. The van der Waals surface area contributed by atoms with Crippen LogP contribution in [-0.2, 0) is 12.6 Å². The van der Waals surface area contributed by atoms with E-state index in [0.29, 0.717) is 44.7 Å². The van der Waals surface area contributed by atoms with Crippen LogP contribution in [0.25, 0.3) is 11.1 Å². The Kier molecular flexibility index (Phi) is 10.2. The molecule has 1 saturated heterocycles. The van der Waals surface area contributed by atoms with Crippen molar-refractivity contribution in [3.63, 3.8) is 0 Å².